The van der Waals surface area contributed by atoms with Crippen molar-refractivity contribution in [1.82, 2.24) is 9.88 Å². The molecular weight excluding hydrogens is 341 g/mol. The second-order valence-electron chi connectivity index (χ2n) is 6.19. The van der Waals surface area contributed by atoms with Gasteiger partial charge in [0.2, 0.25) is 5.91 Å². The molecule has 7 heteroatoms. The largest absolute Gasteiger partial charge is 0.379 e. The average Bonchev–Trinajstić information content (AvgIpc) is 3.05. The first-order chi connectivity index (χ1) is 12.2. The van der Waals surface area contributed by atoms with Crippen LogP contribution in [0.15, 0.2) is 18.2 Å². The van der Waals surface area contributed by atoms with E-state index in [9.17, 15) is 9.18 Å². The fraction of sp³-hybridized carbons (Fsp3) is 0.556. The molecule has 0 atom stereocenters. The summed E-state index contributed by atoms with van der Waals surface area (Å²) >= 11 is 1.38. The number of carbonyl (C=O) groups excluding carboxylic acids is 1. The number of amides is 1. The van der Waals surface area contributed by atoms with Gasteiger partial charge in [0.15, 0.2) is 5.13 Å². The highest BCUT2D eigenvalue weighted by atomic mass is 32.1. The number of nitrogens with zero attached hydrogens (tertiary/aromatic N) is 3. The van der Waals surface area contributed by atoms with Crippen LogP contribution in [-0.4, -0.2) is 55.2 Å². The van der Waals surface area contributed by atoms with E-state index in [0.29, 0.717) is 23.6 Å². The van der Waals surface area contributed by atoms with Gasteiger partial charge in [-0.25, -0.2) is 9.37 Å². The normalized spacial score (nSPS) is 15.6. The van der Waals surface area contributed by atoms with Crippen molar-refractivity contribution in [2.24, 2.45) is 0 Å². The molecule has 0 bridgehead atoms. The smallest absolute Gasteiger partial charge is 0.228 e. The topological polar surface area (TPSA) is 45.7 Å². The number of benzene rings is 1. The first kappa shape index (κ1) is 18.2. The van der Waals surface area contributed by atoms with Crippen LogP contribution in [0.25, 0.3) is 10.2 Å². The highest BCUT2D eigenvalue weighted by Crippen LogP contribution is 2.30. The third-order valence-electron chi connectivity index (χ3n) is 4.31. The molecule has 136 valence electrons. The number of hydrogen-bond acceptors (Lipinski definition) is 5. The van der Waals surface area contributed by atoms with Crippen LogP contribution in [0.4, 0.5) is 9.52 Å². The quantitative estimate of drug-likeness (QED) is 0.755. The number of aromatic nitrogens is 1. The molecule has 25 heavy (non-hydrogen) atoms. The van der Waals surface area contributed by atoms with E-state index in [2.05, 4.69) is 9.88 Å². The van der Waals surface area contributed by atoms with E-state index < -0.39 is 0 Å². The fourth-order valence-electron chi connectivity index (χ4n) is 2.97. The molecule has 1 saturated heterocycles. The number of para-hydroxylation sites is 1. The molecule has 2 heterocycles. The van der Waals surface area contributed by atoms with Gasteiger partial charge in [-0.05, 0) is 25.0 Å². The highest BCUT2D eigenvalue weighted by Gasteiger charge is 2.20. The van der Waals surface area contributed by atoms with Crippen LogP contribution in [0.2, 0.25) is 0 Å². The molecule has 1 aliphatic rings. The minimum absolute atomic E-state index is 0.0592. The van der Waals surface area contributed by atoms with Crippen LogP contribution in [0.3, 0.4) is 0 Å². The number of morpholine rings is 1. The Bertz CT molecular complexity index is 715. The molecule has 0 unspecified atom stereocenters. The lowest BCUT2D eigenvalue weighted by Gasteiger charge is -2.27. The maximum absolute atomic E-state index is 13.9. The number of carbonyl (C=O) groups is 1. The fourth-order valence-corrected chi connectivity index (χ4v) is 4.00. The molecule has 0 N–H and O–H groups in total. The van der Waals surface area contributed by atoms with Gasteiger partial charge in [-0.3, -0.25) is 14.6 Å². The molecule has 1 aromatic heterocycles. The summed E-state index contributed by atoms with van der Waals surface area (Å²) in [5.74, 6) is -0.278. The highest BCUT2D eigenvalue weighted by molar-refractivity contribution is 7.22. The number of anilines is 1. The van der Waals surface area contributed by atoms with Crippen molar-refractivity contribution in [3.8, 4) is 0 Å². The summed E-state index contributed by atoms with van der Waals surface area (Å²) in [6, 6.07) is 4.93. The zero-order chi connectivity index (χ0) is 17.6. The van der Waals surface area contributed by atoms with Crippen LogP contribution in [-0.2, 0) is 9.53 Å². The van der Waals surface area contributed by atoms with E-state index in [1.165, 1.54) is 17.4 Å². The van der Waals surface area contributed by atoms with Crippen LogP contribution in [0.5, 0.6) is 0 Å². The average molecular weight is 365 g/mol. The van der Waals surface area contributed by atoms with Crippen molar-refractivity contribution < 1.29 is 13.9 Å². The molecule has 5 nitrogen and oxygen atoms in total. The van der Waals surface area contributed by atoms with E-state index in [0.717, 1.165) is 50.4 Å². The van der Waals surface area contributed by atoms with Crippen molar-refractivity contribution in [3.63, 3.8) is 0 Å². The monoisotopic (exact) mass is 365 g/mol. The summed E-state index contributed by atoms with van der Waals surface area (Å²) < 4.78 is 20.1. The number of fused-ring (bicyclic) bond motifs is 1. The van der Waals surface area contributed by atoms with Gasteiger partial charge in [-0.15, -0.1) is 0 Å². The molecule has 1 aromatic carbocycles. The summed E-state index contributed by atoms with van der Waals surface area (Å²) in [5, 5.41) is 0.598. The van der Waals surface area contributed by atoms with Crippen LogP contribution >= 0.6 is 11.3 Å². The lowest BCUT2D eigenvalue weighted by Crippen LogP contribution is -2.39. The predicted molar refractivity (Wildman–Crippen MR) is 98.7 cm³/mol. The number of ether oxygens (including phenoxy) is 1. The molecule has 2 aromatic rings. The third kappa shape index (κ3) is 4.54. The number of thiazole rings is 1. The van der Waals surface area contributed by atoms with E-state index in [4.69, 9.17) is 4.74 Å². The molecule has 0 radical (unpaired) electrons. The molecule has 1 aliphatic heterocycles. The second-order valence-corrected chi connectivity index (χ2v) is 7.20. The lowest BCUT2D eigenvalue weighted by molar-refractivity contribution is -0.118. The molecular formula is C18H24FN3O2S. The minimum Gasteiger partial charge on any atom is -0.379 e. The zero-order valence-corrected chi connectivity index (χ0v) is 15.4. The Morgan fingerprint density at radius 3 is 2.92 bits per heavy atom. The van der Waals surface area contributed by atoms with Crippen molar-refractivity contribution in [1.29, 1.82) is 0 Å². The van der Waals surface area contributed by atoms with E-state index in [-0.39, 0.29) is 11.7 Å². The minimum atomic E-state index is -0.337. The van der Waals surface area contributed by atoms with Crippen molar-refractivity contribution >= 4 is 32.6 Å². The summed E-state index contributed by atoms with van der Waals surface area (Å²) in [6.45, 7) is 6.95. The Morgan fingerprint density at radius 2 is 2.20 bits per heavy atom. The van der Waals surface area contributed by atoms with Gasteiger partial charge in [0.05, 0.1) is 17.9 Å². The zero-order valence-electron chi connectivity index (χ0n) is 14.5. The van der Waals surface area contributed by atoms with Crippen molar-refractivity contribution in [2.75, 3.05) is 44.3 Å². The Balaban J connectivity index is 1.71. The Hall–Kier alpha value is -1.57. The van der Waals surface area contributed by atoms with Gasteiger partial charge in [0.1, 0.15) is 11.3 Å². The molecule has 0 aliphatic carbocycles. The standard InChI is InChI=1S/C18H24FN3O2S/c1-2-5-16(23)22(9-4-8-21-10-12-24-13-11-21)18-20-17-14(19)6-3-7-15(17)25-18/h3,6-7H,2,4-5,8-13H2,1H3. The van der Waals surface area contributed by atoms with E-state index in [1.54, 1.807) is 11.0 Å². The van der Waals surface area contributed by atoms with E-state index >= 15 is 0 Å². The molecule has 3 rings (SSSR count). The van der Waals surface area contributed by atoms with Gasteiger partial charge in [-0.2, -0.15) is 0 Å². The SMILES string of the molecule is CCCC(=O)N(CCCN1CCOCC1)c1nc2c(F)cccc2s1. The van der Waals surface area contributed by atoms with Crippen molar-refractivity contribution in [2.45, 2.75) is 26.2 Å². The van der Waals surface area contributed by atoms with Gasteiger partial charge >= 0.3 is 0 Å². The number of halogens is 1. The van der Waals surface area contributed by atoms with Gasteiger partial charge in [0, 0.05) is 32.6 Å². The Kier molecular flexibility index (Phi) is 6.34. The van der Waals surface area contributed by atoms with Crippen LogP contribution in [0.1, 0.15) is 26.2 Å². The van der Waals surface area contributed by atoms with Gasteiger partial charge in [-0.1, -0.05) is 24.3 Å². The maximum Gasteiger partial charge on any atom is 0.228 e. The van der Waals surface area contributed by atoms with Crippen LogP contribution in [0, 0.1) is 5.82 Å². The number of hydrogen-bond donors (Lipinski definition) is 0. The predicted octanol–water partition coefficient (Wildman–Crippen LogP) is 3.29. The summed E-state index contributed by atoms with van der Waals surface area (Å²) in [4.78, 5) is 21.0. The summed E-state index contributed by atoms with van der Waals surface area (Å²) in [7, 11) is 0. The number of rotatable bonds is 7. The molecule has 1 fully saturated rings. The maximum atomic E-state index is 13.9. The second kappa shape index (κ2) is 8.69. The molecule has 0 saturated carbocycles. The van der Waals surface area contributed by atoms with Crippen molar-refractivity contribution in [3.05, 3.63) is 24.0 Å². The first-order valence-corrected chi connectivity index (χ1v) is 9.66. The van der Waals surface area contributed by atoms with Gasteiger partial charge in [0.25, 0.3) is 0 Å². The van der Waals surface area contributed by atoms with E-state index in [1.807, 2.05) is 13.0 Å². The first-order valence-electron chi connectivity index (χ1n) is 8.84. The molecule has 1 amide bonds. The summed E-state index contributed by atoms with van der Waals surface area (Å²) in [5.41, 5.74) is 0.352. The molecule has 0 spiro atoms. The van der Waals surface area contributed by atoms with Crippen LogP contribution < -0.4 is 4.90 Å². The Morgan fingerprint density at radius 1 is 1.40 bits per heavy atom. The Labute approximate surface area is 151 Å². The van der Waals surface area contributed by atoms with Gasteiger partial charge < -0.3 is 4.74 Å². The summed E-state index contributed by atoms with van der Waals surface area (Å²) in [6.07, 6.45) is 2.14. The third-order valence-corrected chi connectivity index (χ3v) is 5.36. The lowest BCUT2D eigenvalue weighted by atomic mass is 10.2.